The lowest BCUT2D eigenvalue weighted by Gasteiger charge is -2.55. The molecule has 5 fully saturated rings. The fourth-order valence-corrected chi connectivity index (χ4v) is 8.64. The molecule has 11 heteroatoms. The number of amides is 6. The number of imide groups is 3. The number of fused-ring (bicyclic) bond motifs is 6. The number of aliphatic imine (C=N–C) groups is 1. The number of carbonyl (C=O) groups excluding carboxylic acids is 6. The molecule has 39 heavy (non-hydrogen) atoms. The maximum Gasteiger partial charge on any atom is 0.424 e. The molecular weight excluding hydrogens is 504 g/mol. The van der Waals surface area contributed by atoms with Crippen molar-refractivity contribution >= 4 is 41.5 Å². The average molecular weight is 537 g/mol. The van der Waals surface area contributed by atoms with Crippen molar-refractivity contribution in [3.8, 4) is 0 Å². The number of carbonyl (C=O) groups is 6. The fourth-order valence-electron chi connectivity index (χ4n) is 8.64. The zero-order chi connectivity index (χ0) is 27.7. The molecule has 4 aliphatic heterocycles. The van der Waals surface area contributed by atoms with E-state index in [4.69, 9.17) is 4.74 Å². The van der Waals surface area contributed by atoms with Crippen LogP contribution in [-0.2, 0) is 28.7 Å². The van der Waals surface area contributed by atoms with E-state index in [9.17, 15) is 28.8 Å². The van der Waals surface area contributed by atoms with Gasteiger partial charge < -0.3 is 4.74 Å². The Hall–Kier alpha value is -3.37. The second-order valence-electron chi connectivity index (χ2n) is 12.2. The topological polar surface area (TPSA) is 134 Å². The second kappa shape index (κ2) is 7.85. The third-order valence-corrected chi connectivity index (χ3v) is 10.5. The standard InChI is InChI=1S/C28H32N4O7/c1-5-30-21(33)14-9-13-17-15(11(3)16-18(13)23(35)31(6-2)22(16)34)25(37)32-27(38)39-26(29-10-12-7-8-12)28(32,4)20(17)19(14)24(30)36/h11-14,16,18-20H,5-10H2,1-4H3/t11-,13?,14+,16-,18+,19+,20-,28-/m0/s1. The summed E-state index contributed by atoms with van der Waals surface area (Å²) in [7, 11) is 0. The predicted molar refractivity (Wildman–Crippen MR) is 133 cm³/mol. The van der Waals surface area contributed by atoms with Gasteiger partial charge in [0.15, 0.2) is 0 Å². The van der Waals surface area contributed by atoms with Gasteiger partial charge in [-0.1, -0.05) is 12.5 Å². The van der Waals surface area contributed by atoms with Gasteiger partial charge in [-0.3, -0.25) is 38.8 Å². The van der Waals surface area contributed by atoms with Crippen molar-refractivity contribution in [2.45, 2.75) is 52.5 Å². The Kier molecular flexibility index (Phi) is 4.96. The Morgan fingerprint density at radius 3 is 2.13 bits per heavy atom. The van der Waals surface area contributed by atoms with Crippen LogP contribution in [0.15, 0.2) is 16.1 Å². The molecule has 0 bridgehead atoms. The Morgan fingerprint density at radius 1 is 0.872 bits per heavy atom. The van der Waals surface area contributed by atoms with Crippen LogP contribution in [0.25, 0.3) is 0 Å². The minimum absolute atomic E-state index is 0.0951. The summed E-state index contributed by atoms with van der Waals surface area (Å²) in [6.07, 6.45) is 1.40. The van der Waals surface area contributed by atoms with Gasteiger partial charge in [0, 0.05) is 31.1 Å². The monoisotopic (exact) mass is 536 g/mol. The van der Waals surface area contributed by atoms with Gasteiger partial charge in [-0.25, -0.2) is 9.69 Å². The van der Waals surface area contributed by atoms with E-state index in [1.165, 1.54) is 9.80 Å². The number of likely N-dealkylation sites (tertiary alicyclic amines) is 2. The van der Waals surface area contributed by atoms with Crippen molar-refractivity contribution in [3.63, 3.8) is 0 Å². The molecule has 0 aromatic carbocycles. The first-order valence-corrected chi connectivity index (χ1v) is 14.1. The van der Waals surface area contributed by atoms with Crippen LogP contribution >= 0.6 is 0 Å². The SMILES string of the molecule is CCN1C(=O)[C@@H]2[C@H](C1=O)C1C[C@H]3C(=O)N(CC)C(=O)[C@H]3[C@@H]3C1=C(C(=O)N1C(=O)OC(=NCC4CC4)[C@]31C)[C@@H]2C. The molecule has 0 radical (unpaired) electrons. The summed E-state index contributed by atoms with van der Waals surface area (Å²) < 4.78 is 5.66. The molecule has 1 unspecified atom stereocenters. The molecule has 4 heterocycles. The van der Waals surface area contributed by atoms with Gasteiger partial charge in [-0.2, -0.15) is 0 Å². The van der Waals surface area contributed by atoms with Crippen molar-refractivity contribution in [2.75, 3.05) is 19.6 Å². The van der Waals surface area contributed by atoms with E-state index < -0.39 is 59.0 Å². The van der Waals surface area contributed by atoms with E-state index in [1.807, 2.05) is 0 Å². The summed E-state index contributed by atoms with van der Waals surface area (Å²) in [5.41, 5.74) is -0.451. The molecule has 7 aliphatic rings. The normalized spacial score (nSPS) is 41.9. The number of nitrogens with zero attached hydrogens (tertiary/aromatic N) is 4. The van der Waals surface area contributed by atoms with Crippen molar-refractivity contribution in [2.24, 2.45) is 52.3 Å². The molecule has 0 aromatic heterocycles. The number of cyclic esters (lactones) is 1. The maximum absolute atomic E-state index is 14.2. The minimum atomic E-state index is -1.41. The fraction of sp³-hybridized carbons (Fsp3) is 0.679. The molecule has 7 rings (SSSR count). The molecule has 2 saturated carbocycles. The van der Waals surface area contributed by atoms with Gasteiger partial charge >= 0.3 is 6.09 Å². The molecule has 8 atom stereocenters. The Bertz CT molecular complexity index is 1350. The van der Waals surface area contributed by atoms with Gasteiger partial charge in [0.05, 0.1) is 23.7 Å². The third kappa shape index (κ3) is 2.81. The van der Waals surface area contributed by atoms with Crippen LogP contribution in [0.2, 0.25) is 0 Å². The number of hydrogen-bond donors (Lipinski definition) is 0. The van der Waals surface area contributed by atoms with Crippen LogP contribution in [0.3, 0.4) is 0 Å². The summed E-state index contributed by atoms with van der Waals surface area (Å²) >= 11 is 0. The molecule has 11 nitrogen and oxygen atoms in total. The lowest BCUT2D eigenvalue weighted by atomic mass is 9.50. The van der Waals surface area contributed by atoms with Crippen LogP contribution in [-0.4, -0.2) is 81.4 Å². The summed E-state index contributed by atoms with van der Waals surface area (Å²) in [4.78, 5) is 90.3. The van der Waals surface area contributed by atoms with Crippen LogP contribution in [0.1, 0.15) is 47.0 Å². The van der Waals surface area contributed by atoms with Gasteiger partial charge in [0.2, 0.25) is 29.5 Å². The van der Waals surface area contributed by atoms with Gasteiger partial charge in [-0.05, 0) is 57.8 Å². The number of hydrogen-bond acceptors (Lipinski definition) is 8. The van der Waals surface area contributed by atoms with Crippen molar-refractivity contribution < 1.29 is 33.5 Å². The zero-order valence-corrected chi connectivity index (χ0v) is 22.5. The third-order valence-electron chi connectivity index (χ3n) is 10.5. The quantitative estimate of drug-likeness (QED) is 0.496. The number of rotatable bonds is 4. The average Bonchev–Trinajstić information content (AvgIpc) is 3.58. The van der Waals surface area contributed by atoms with Crippen molar-refractivity contribution in [1.29, 1.82) is 0 Å². The molecule has 0 spiro atoms. The first-order valence-electron chi connectivity index (χ1n) is 14.1. The Balaban J connectivity index is 1.48. The van der Waals surface area contributed by atoms with E-state index in [-0.39, 0.29) is 49.0 Å². The molecule has 3 saturated heterocycles. The van der Waals surface area contributed by atoms with E-state index in [2.05, 4.69) is 4.99 Å². The maximum atomic E-state index is 14.2. The van der Waals surface area contributed by atoms with Crippen molar-refractivity contribution in [3.05, 3.63) is 11.1 Å². The smallest absolute Gasteiger partial charge is 0.393 e. The zero-order valence-electron chi connectivity index (χ0n) is 22.5. The van der Waals surface area contributed by atoms with Crippen LogP contribution in [0.5, 0.6) is 0 Å². The highest BCUT2D eigenvalue weighted by Crippen LogP contribution is 2.63. The van der Waals surface area contributed by atoms with E-state index in [0.717, 1.165) is 17.7 Å². The summed E-state index contributed by atoms with van der Waals surface area (Å²) in [5, 5.41) is 0. The molecule has 206 valence electrons. The van der Waals surface area contributed by atoms with Crippen LogP contribution in [0, 0.1) is 47.3 Å². The highest BCUT2D eigenvalue weighted by atomic mass is 16.6. The minimum Gasteiger partial charge on any atom is -0.393 e. The lowest BCUT2D eigenvalue weighted by Crippen LogP contribution is -2.66. The lowest BCUT2D eigenvalue weighted by molar-refractivity contribution is -0.142. The van der Waals surface area contributed by atoms with E-state index in [1.54, 1.807) is 27.7 Å². The first kappa shape index (κ1) is 24.7. The summed E-state index contributed by atoms with van der Waals surface area (Å²) in [6, 6.07) is 0. The van der Waals surface area contributed by atoms with Gasteiger partial charge in [0.1, 0.15) is 5.54 Å². The Morgan fingerprint density at radius 2 is 1.49 bits per heavy atom. The van der Waals surface area contributed by atoms with E-state index in [0.29, 0.717) is 23.6 Å². The molecule has 0 aromatic rings. The Labute approximate surface area is 225 Å². The molecule has 6 amide bonds. The van der Waals surface area contributed by atoms with Gasteiger partial charge in [0.25, 0.3) is 5.91 Å². The van der Waals surface area contributed by atoms with Crippen molar-refractivity contribution in [1.82, 2.24) is 14.7 Å². The van der Waals surface area contributed by atoms with E-state index >= 15 is 0 Å². The highest BCUT2D eigenvalue weighted by Gasteiger charge is 2.73. The predicted octanol–water partition coefficient (Wildman–Crippen LogP) is 1.37. The van der Waals surface area contributed by atoms with Gasteiger partial charge in [-0.15, -0.1) is 0 Å². The molecular formula is C28H32N4O7. The number of ether oxygens (including phenoxy) is 1. The van der Waals surface area contributed by atoms with Crippen LogP contribution < -0.4 is 0 Å². The molecule has 0 N–H and O–H groups in total. The van der Waals surface area contributed by atoms with Crippen LogP contribution in [0.4, 0.5) is 4.79 Å². The molecule has 3 aliphatic carbocycles. The highest BCUT2D eigenvalue weighted by molar-refractivity contribution is 6.18. The summed E-state index contributed by atoms with van der Waals surface area (Å²) in [5.74, 6) is -6.34. The first-order chi connectivity index (χ1) is 18.6. The second-order valence-corrected chi connectivity index (χ2v) is 12.2. The summed E-state index contributed by atoms with van der Waals surface area (Å²) in [6.45, 7) is 7.81. The largest absolute Gasteiger partial charge is 0.424 e.